The lowest BCUT2D eigenvalue weighted by atomic mass is 10.0. The molecular weight excluding hydrogens is 496 g/mol. The molecule has 1 heterocycles. The minimum absolute atomic E-state index is 0.0421. The van der Waals surface area contributed by atoms with Crippen LogP contribution in [0.5, 0.6) is 5.75 Å². The summed E-state index contributed by atoms with van der Waals surface area (Å²) in [5.41, 5.74) is 3.32. The largest absolute Gasteiger partial charge is 0.755 e. The van der Waals surface area contributed by atoms with Gasteiger partial charge in [-0.3, -0.25) is 13.3 Å². The number of carbonyl (C=O) groups excluding carboxylic acids is 1. The fraction of sp³-hybridized carbons (Fsp3) is 0.185. The number of aryl methyl sites for hydroxylation is 1. The van der Waals surface area contributed by atoms with Crippen LogP contribution in [0.2, 0.25) is 0 Å². The number of nitrogens with zero attached hydrogens (tertiary/aromatic N) is 1. The van der Waals surface area contributed by atoms with Crippen LogP contribution in [0, 0.1) is 12.8 Å². The molecule has 4 rings (SSSR count). The molecule has 192 valence electrons. The van der Waals surface area contributed by atoms with Crippen LogP contribution in [0.4, 0.5) is 11.4 Å². The van der Waals surface area contributed by atoms with Crippen molar-refractivity contribution in [3.8, 4) is 16.9 Å². The van der Waals surface area contributed by atoms with Gasteiger partial charge >= 0.3 is 5.97 Å². The second kappa shape index (κ2) is 10.5. The van der Waals surface area contributed by atoms with Crippen LogP contribution in [0.1, 0.15) is 30.0 Å². The van der Waals surface area contributed by atoms with Gasteiger partial charge in [-0.15, -0.1) is 0 Å². The summed E-state index contributed by atoms with van der Waals surface area (Å²) in [5, 5.41) is 22.9. The Hall–Kier alpha value is -4.15. The van der Waals surface area contributed by atoms with E-state index in [0.717, 1.165) is 15.4 Å². The molecule has 1 amide bonds. The Morgan fingerprint density at radius 2 is 1.59 bits per heavy atom. The minimum atomic E-state index is -2.77. The minimum Gasteiger partial charge on any atom is -0.755 e. The van der Waals surface area contributed by atoms with Crippen LogP contribution >= 0.6 is 0 Å². The van der Waals surface area contributed by atoms with Crippen molar-refractivity contribution in [2.45, 2.75) is 26.8 Å². The van der Waals surface area contributed by atoms with Crippen molar-refractivity contribution in [1.82, 2.24) is 0 Å². The summed E-state index contributed by atoms with van der Waals surface area (Å²) in [4.78, 5) is 24.5. The summed E-state index contributed by atoms with van der Waals surface area (Å²) < 4.78 is 30.2. The van der Waals surface area contributed by atoms with E-state index in [1.165, 1.54) is 6.07 Å². The number of carboxylic acids is 1. The number of fused-ring (bicyclic) bond motifs is 1. The van der Waals surface area contributed by atoms with Crippen molar-refractivity contribution in [3.63, 3.8) is 0 Å². The number of furan rings is 1. The lowest BCUT2D eigenvalue weighted by Crippen LogP contribution is -2.45. The molecule has 3 aromatic carbocycles. The van der Waals surface area contributed by atoms with Gasteiger partial charge in [0.2, 0.25) is 0 Å². The van der Waals surface area contributed by atoms with E-state index in [4.69, 9.17) is 4.42 Å². The van der Waals surface area contributed by atoms with Gasteiger partial charge in [0.05, 0.1) is 5.39 Å². The predicted octanol–water partition coefficient (Wildman–Crippen LogP) is 5.08. The Bertz CT molecular complexity index is 1480. The van der Waals surface area contributed by atoms with Crippen LogP contribution in [0.3, 0.4) is 0 Å². The smallest absolute Gasteiger partial charge is 0.327 e. The van der Waals surface area contributed by atoms with E-state index in [9.17, 15) is 28.6 Å². The van der Waals surface area contributed by atoms with Crippen molar-refractivity contribution in [2.24, 2.45) is 5.92 Å². The Kier molecular flexibility index (Phi) is 7.33. The third-order valence-corrected chi connectivity index (χ3v) is 6.79. The van der Waals surface area contributed by atoms with Gasteiger partial charge in [0.1, 0.15) is 17.4 Å². The molecule has 0 radical (unpaired) electrons. The topological polar surface area (TPSA) is 143 Å². The van der Waals surface area contributed by atoms with Gasteiger partial charge in [0, 0.05) is 28.2 Å². The third kappa shape index (κ3) is 5.20. The highest BCUT2D eigenvalue weighted by Gasteiger charge is 2.30. The number of amides is 1. The molecule has 0 saturated heterocycles. The maximum Gasteiger partial charge on any atom is 0.327 e. The number of phenolic OH excluding ortho intramolecular Hbond substituents is 1. The molecule has 4 aromatic rings. The number of aromatic hydroxyl groups is 1. The van der Waals surface area contributed by atoms with E-state index in [1.54, 1.807) is 81.4 Å². The van der Waals surface area contributed by atoms with Crippen LogP contribution < -0.4 is 9.62 Å². The van der Waals surface area contributed by atoms with Gasteiger partial charge in [0.25, 0.3) is 5.91 Å². The van der Waals surface area contributed by atoms with Gasteiger partial charge in [-0.05, 0) is 60.4 Å². The van der Waals surface area contributed by atoms with Gasteiger partial charge in [-0.2, -0.15) is 0 Å². The van der Waals surface area contributed by atoms with Gasteiger partial charge in [-0.1, -0.05) is 44.2 Å². The van der Waals surface area contributed by atoms with E-state index < -0.39 is 35.1 Å². The van der Waals surface area contributed by atoms with Crippen molar-refractivity contribution in [2.75, 3.05) is 9.62 Å². The maximum absolute atomic E-state index is 12.8. The van der Waals surface area contributed by atoms with Crippen LogP contribution in [0.25, 0.3) is 22.1 Å². The molecule has 0 aliphatic rings. The Morgan fingerprint density at radius 3 is 2.11 bits per heavy atom. The first kappa shape index (κ1) is 25.9. The zero-order valence-electron chi connectivity index (χ0n) is 20.3. The highest BCUT2D eigenvalue weighted by Crippen LogP contribution is 2.33. The number of hydrogen-bond acceptors (Lipinski definition) is 6. The van der Waals surface area contributed by atoms with Crippen molar-refractivity contribution < 1.29 is 33.0 Å². The number of rotatable bonds is 8. The molecule has 0 saturated carbocycles. The van der Waals surface area contributed by atoms with E-state index in [2.05, 4.69) is 5.32 Å². The van der Waals surface area contributed by atoms with Crippen molar-refractivity contribution in [1.29, 1.82) is 0 Å². The van der Waals surface area contributed by atoms with Gasteiger partial charge in [-0.25, -0.2) is 4.79 Å². The molecule has 10 heteroatoms. The van der Waals surface area contributed by atoms with Crippen LogP contribution in [0.15, 0.2) is 71.1 Å². The summed E-state index contributed by atoms with van der Waals surface area (Å²) in [6.07, 6.45) is 0. The fourth-order valence-corrected chi connectivity index (χ4v) is 5.04. The number of carboxylic acid groups (broad SMARTS) is 1. The number of nitrogens with one attached hydrogen (secondary N) is 1. The maximum atomic E-state index is 12.8. The first-order chi connectivity index (χ1) is 17.6. The average Bonchev–Trinajstić information content (AvgIpc) is 3.20. The fourth-order valence-electron chi connectivity index (χ4n) is 4.23. The van der Waals surface area contributed by atoms with Crippen LogP contribution in [-0.4, -0.2) is 36.9 Å². The van der Waals surface area contributed by atoms with Crippen molar-refractivity contribution >= 4 is 45.5 Å². The summed E-state index contributed by atoms with van der Waals surface area (Å²) in [6, 6.07) is 17.1. The van der Waals surface area contributed by atoms with E-state index in [-0.39, 0.29) is 17.2 Å². The Morgan fingerprint density at radius 1 is 1.00 bits per heavy atom. The normalized spacial score (nSPS) is 12.9. The second-order valence-corrected chi connectivity index (χ2v) is 9.68. The molecule has 0 aliphatic heterocycles. The molecule has 0 fully saturated rings. The van der Waals surface area contributed by atoms with Gasteiger partial charge < -0.3 is 24.5 Å². The van der Waals surface area contributed by atoms with E-state index in [1.807, 2.05) is 0 Å². The zero-order valence-corrected chi connectivity index (χ0v) is 21.1. The molecule has 0 aliphatic carbocycles. The van der Waals surface area contributed by atoms with Gasteiger partial charge in [0.15, 0.2) is 5.76 Å². The number of aliphatic carboxylic acids is 1. The summed E-state index contributed by atoms with van der Waals surface area (Å²) >= 11 is -2.77. The third-order valence-electron chi connectivity index (χ3n) is 6.03. The Balaban J connectivity index is 1.52. The molecule has 0 spiro atoms. The highest BCUT2D eigenvalue weighted by atomic mass is 32.2. The van der Waals surface area contributed by atoms with E-state index in [0.29, 0.717) is 22.2 Å². The summed E-state index contributed by atoms with van der Waals surface area (Å²) in [7, 11) is 0. The highest BCUT2D eigenvalue weighted by molar-refractivity contribution is 7.80. The number of benzene rings is 3. The first-order valence-corrected chi connectivity index (χ1v) is 12.5. The standard InChI is InChI=1S/C27H26N2O7S/c1-15(2)24(27(32)33)29(37(34)35)20-13-9-18(10-14-20)17-7-11-19(12-8-17)28-26(31)25-16(3)23-21(30)5-4-6-22(23)36-25/h4-15,24,30H,1-3H3,(H,28,31)(H,32,33)(H,34,35)/p-1. The molecule has 37 heavy (non-hydrogen) atoms. The average molecular weight is 522 g/mol. The number of phenols is 1. The lowest BCUT2D eigenvalue weighted by molar-refractivity contribution is -0.139. The predicted molar refractivity (Wildman–Crippen MR) is 140 cm³/mol. The molecule has 2 unspecified atom stereocenters. The van der Waals surface area contributed by atoms with E-state index >= 15 is 0 Å². The van der Waals surface area contributed by atoms with Crippen molar-refractivity contribution in [3.05, 3.63) is 78.1 Å². The molecule has 2 atom stereocenters. The lowest BCUT2D eigenvalue weighted by Gasteiger charge is -2.34. The summed E-state index contributed by atoms with van der Waals surface area (Å²) in [5.74, 6) is -1.96. The monoisotopic (exact) mass is 521 g/mol. The number of carbonyl (C=O) groups is 2. The quantitative estimate of drug-likeness (QED) is 0.275. The SMILES string of the molecule is Cc1c(C(=O)Nc2ccc(-c3ccc(N(C(C(=O)O)C(C)C)S(=O)[O-])cc3)cc2)oc2cccc(O)c12. The molecule has 0 bridgehead atoms. The van der Waals surface area contributed by atoms with Crippen LogP contribution in [-0.2, 0) is 16.1 Å². The molecule has 9 nitrogen and oxygen atoms in total. The first-order valence-electron chi connectivity index (χ1n) is 11.4. The number of hydrogen-bond donors (Lipinski definition) is 3. The molecular formula is C27H25N2O7S-. The number of anilines is 2. The second-order valence-electron chi connectivity index (χ2n) is 8.85. The Labute approximate surface area is 215 Å². The summed E-state index contributed by atoms with van der Waals surface area (Å²) in [6.45, 7) is 5.00. The molecule has 3 N–H and O–H groups in total. The zero-order chi connectivity index (χ0) is 26.9. The molecule has 1 aromatic heterocycles.